The number of aryl methyl sites for hydroxylation is 1. The molecule has 0 bridgehead atoms. The molecule has 0 spiro atoms. The Morgan fingerprint density at radius 3 is 2.58 bits per heavy atom. The van der Waals surface area contributed by atoms with Crippen LogP contribution in [0.15, 0.2) is 18.2 Å². The zero-order valence-corrected chi connectivity index (χ0v) is 12.0. The van der Waals surface area contributed by atoms with E-state index in [0.717, 1.165) is 24.8 Å². The number of amides is 1. The fraction of sp³-hybridized carbons (Fsp3) is 0.500. The zero-order valence-electron chi connectivity index (χ0n) is 11.2. The number of rotatable bonds is 3. The first-order valence-corrected chi connectivity index (χ1v) is 6.28. The second-order valence-corrected chi connectivity index (χ2v) is 5.21. The zero-order chi connectivity index (χ0) is 13.3. The summed E-state index contributed by atoms with van der Waals surface area (Å²) in [5.41, 5.74) is 6.59. The van der Waals surface area contributed by atoms with Crippen molar-refractivity contribution in [1.29, 1.82) is 0 Å². The highest BCUT2D eigenvalue weighted by atomic mass is 35.5. The molecule has 5 heteroatoms. The fourth-order valence-electron chi connectivity index (χ4n) is 2.09. The molecule has 3 nitrogen and oxygen atoms in total. The predicted octanol–water partition coefficient (Wildman–Crippen LogP) is 2.61. The Labute approximate surface area is 119 Å². The van der Waals surface area contributed by atoms with Crippen molar-refractivity contribution >= 4 is 18.3 Å². The summed E-state index contributed by atoms with van der Waals surface area (Å²) >= 11 is 0. The minimum absolute atomic E-state index is 0. The minimum atomic E-state index is -0.711. The number of carbonyl (C=O) groups is 1. The molecular weight excluding hydrogens is 267 g/mol. The summed E-state index contributed by atoms with van der Waals surface area (Å²) in [7, 11) is 0. The monoisotopic (exact) mass is 286 g/mol. The van der Waals surface area contributed by atoms with Crippen LogP contribution in [-0.4, -0.2) is 11.4 Å². The lowest BCUT2D eigenvalue weighted by atomic mass is 9.77. The third kappa shape index (κ3) is 3.25. The molecule has 2 rings (SSSR count). The summed E-state index contributed by atoms with van der Waals surface area (Å²) in [6, 6.07) is 4.78. The van der Waals surface area contributed by atoms with Crippen LogP contribution in [-0.2, 0) is 4.79 Å². The van der Waals surface area contributed by atoms with Crippen LogP contribution in [0.25, 0.3) is 0 Å². The Bertz CT molecular complexity index is 475. The van der Waals surface area contributed by atoms with Crippen molar-refractivity contribution in [3.8, 4) is 0 Å². The first-order chi connectivity index (χ1) is 8.42. The highest BCUT2D eigenvalue weighted by Crippen LogP contribution is 2.30. The number of hydrogen-bond donors (Lipinski definition) is 2. The van der Waals surface area contributed by atoms with Crippen LogP contribution in [0, 0.1) is 12.7 Å². The van der Waals surface area contributed by atoms with Gasteiger partial charge in [-0.15, -0.1) is 12.4 Å². The molecule has 1 aliphatic carbocycles. The molecule has 1 saturated carbocycles. The average Bonchev–Trinajstić information content (AvgIpc) is 2.29. The fourth-order valence-corrected chi connectivity index (χ4v) is 2.09. The van der Waals surface area contributed by atoms with Crippen LogP contribution in [0.1, 0.15) is 43.4 Å². The van der Waals surface area contributed by atoms with E-state index in [-0.39, 0.29) is 30.2 Å². The molecule has 0 radical (unpaired) electrons. The highest BCUT2D eigenvalue weighted by molar-refractivity contribution is 5.87. The molecule has 3 N–H and O–H groups in total. The molecule has 19 heavy (non-hydrogen) atoms. The van der Waals surface area contributed by atoms with Gasteiger partial charge in [-0.05, 0) is 50.3 Å². The lowest BCUT2D eigenvalue weighted by Gasteiger charge is -2.37. The van der Waals surface area contributed by atoms with E-state index in [2.05, 4.69) is 5.32 Å². The summed E-state index contributed by atoms with van der Waals surface area (Å²) in [6.45, 7) is 3.55. The van der Waals surface area contributed by atoms with Gasteiger partial charge < -0.3 is 11.1 Å². The maximum Gasteiger partial charge on any atom is 0.240 e. The van der Waals surface area contributed by atoms with Crippen molar-refractivity contribution in [2.75, 3.05) is 0 Å². The van der Waals surface area contributed by atoms with Crippen molar-refractivity contribution < 1.29 is 9.18 Å². The second kappa shape index (κ2) is 5.88. The molecule has 0 saturated heterocycles. The van der Waals surface area contributed by atoms with Gasteiger partial charge >= 0.3 is 0 Å². The van der Waals surface area contributed by atoms with Gasteiger partial charge in [0, 0.05) is 0 Å². The molecule has 1 aromatic rings. The van der Waals surface area contributed by atoms with Crippen LogP contribution in [0.4, 0.5) is 4.39 Å². The number of carbonyl (C=O) groups excluding carboxylic acids is 1. The molecule has 0 aromatic heterocycles. The quantitative estimate of drug-likeness (QED) is 0.897. The molecule has 1 unspecified atom stereocenters. The molecule has 1 aliphatic rings. The van der Waals surface area contributed by atoms with Gasteiger partial charge in [0.1, 0.15) is 5.82 Å². The normalized spacial score (nSPS) is 17.9. The van der Waals surface area contributed by atoms with E-state index >= 15 is 0 Å². The summed E-state index contributed by atoms with van der Waals surface area (Å²) in [6.07, 6.45) is 2.46. The Hall–Kier alpha value is -1.13. The van der Waals surface area contributed by atoms with Gasteiger partial charge in [-0.25, -0.2) is 4.39 Å². The maximum absolute atomic E-state index is 13.5. The van der Waals surface area contributed by atoms with Crippen molar-refractivity contribution in [1.82, 2.24) is 5.32 Å². The topological polar surface area (TPSA) is 55.1 Å². The first-order valence-electron chi connectivity index (χ1n) is 6.28. The van der Waals surface area contributed by atoms with Gasteiger partial charge in [-0.2, -0.15) is 0 Å². The summed E-state index contributed by atoms with van der Waals surface area (Å²) < 4.78 is 13.5. The lowest BCUT2D eigenvalue weighted by Crippen LogP contribution is -2.58. The van der Waals surface area contributed by atoms with E-state index in [4.69, 9.17) is 5.73 Å². The molecule has 1 fully saturated rings. The molecular formula is C14H20ClFN2O. The van der Waals surface area contributed by atoms with Crippen molar-refractivity contribution in [3.05, 3.63) is 35.1 Å². The van der Waals surface area contributed by atoms with Crippen LogP contribution in [0.3, 0.4) is 0 Å². The summed E-state index contributed by atoms with van der Waals surface area (Å²) in [5.74, 6) is -0.387. The Morgan fingerprint density at radius 1 is 1.47 bits per heavy atom. The van der Waals surface area contributed by atoms with Crippen LogP contribution in [0.2, 0.25) is 0 Å². The third-order valence-corrected chi connectivity index (χ3v) is 3.74. The van der Waals surface area contributed by atoms with E-state index in [9.17, 15) is 9.18 Å². The summed E-state index contributed by atoms with van der Waals surface area (Å²) in [5, 5.41) is 2.85. The highest BCUT2D eigenvalue weighted by Gasteiger charge is 2.40. The van der Waals surface area contributed by atoms with E-state index in [1.807, 2.05) is 13.0 Å². The van der Waals surface area contributed by atoms with Crippen LogP contribution in [0.5, 0.6) is 0 Å². The molecule has 1 aromatic carbocycles. The van der Waals surface area contributed by atoms with E-state index in [1.54, 1.807) is 13.0 Å². The maximum atomic E-state index is 13.5. The van der Waals surface area contributed by atoms with E-state index < -0.39 is 5.54 Å². The van der Waals surface area contributed by atoms with Gasteiger partial charge in [0.2, 0.25) is 5.91 Å². The van der Waals surface area contributed by atoms with Gasteiger partial charge in [0.25, 0.3) is 0 Å². The van der Waals surface area contributed by atoms with Gasteiger partial charge in [0.15, 0.2) is 0 Å². The van der Waals surface area contributed by atoms with E-state index in [1.165, 1.54) is 6.07 Å². The Balaban J connectivity index is 0.00000180. The number of benzene rings is 1. The van der Waals surface area contributed by atoms with E-state index in [0.29, 0.717) is 5.56 Å². The third-order valence-electron chi connectivity index (χ3n) is 3.74. The standard InChI is InChI=1S/C14H19FN2O.ClH/c1-9-4-5-11(8-12(9)15)10(2)17-13(18)14(16)6-3-7-14;/h4-5,8,10H,3,6-7,16H2,1-2H3,(H,17,18);1H. The number of nitrogens with two attached hydrogens (primary N) is 1. The molecule has 1 atom stereocenters. The first kappa shape index (κ1) is 15.9. The smallest absolute Gasteiger partial charge is 0.240 e. The van der Waals surface area contributed by atoms with Crippen LogP contribution >= 0.6 is 12.4 Å². The van der Waals surface area contributed by atoms with Gasteiger partial charge in [-0.1, -0.05) is 12.1 Å². The SMILES string of the molecule is Cc1ccc(C(C)NC(=O)C2(N)CCC2)cc1F.Cl. The molecule has 106 valence electrons. The summed E-state index contributed by atoms with van der Waals surface area (Å²) in [4.78, 5) is 12.0. The number of nitrogens with one attached hydrogen (secondary N) is 1. The minimum Gasteiger partial charge on any atom is -0.348 e. The number of hydrogen-bond acceptors (Lipinski definition) is 2. The Morgan fingerprint density at radius 2 is 2.11 bits per heavy atom. The van der Waals surface area contributed by atoms with Crippen molar-refractivity contribution in [3.63, 3.8) is 0 Å². The average molecular weight is 287 g/mol. The Kier molecular flexibility index (Phi) is 4.93. The van der Waals surface area contributed by atoms with Crippen molar-refractivity contribution in [2.24, 2.45) is 5.73 Å². The van der Waals surface area contributed by atoms with Gasteiger partial charge in [-0.3, -0.25) is 4.79 Å². The predicted molar refractivity (Wildman–Crippen MR) is 75.7 cm³/mol. The number of halogens is 2. The van der Waals surface area contributed by atoms with Crippen LogP contribution < -0.4 is 11.1 Å². The second-order valence-electron chi connectivity index (χ2n) is 5.21. The lowest BCUT2D eigenvalue weighted by molar-refractivity contribution is -0.129. The largest absolute Gasteiger partial charge is 0.348 e. The molecule has 0 aliphatic heterocycles. The van der Waals surface area contributed by atoms with Crippen molar-refractivity contribution in [2.45, 2.75) is 44.7 Å². The van der Waals surface area contributed by atoms with Gasteiger partial charge in [0.05, 0.1) is 11.6 Å². The molecule has 0 heterocycles. The molecule has 1 amide bonds.